The fourth-order valence-electron chi connectivity index (χ4n) is 1.76. The molecule has 4 nitrogen and oxygen atoms in total. The third-order valence-corrected chi connectivity index (χ3v) is 3.19. The van der Waals surface area contributed by atoms with E-state index < -0.39 is 0 Å². The predicted octanol–water partition coefficient (Wildman–Crippen LogP) is 2.39. The molecule has 19 heavy (non-hydrogen) atoms. The second-order valence-corrected chi connectivity index (χ2v) is 5.24. The third kappa shape index (κ3) is 5.04. The second-order valence-electron chi connectivity index (χ2n) is 4.33. The highest BCUT2D eigenvalue weighted by atomic mass is 79.9. The molecule has 0 amide bonds. The van der Waals surface area contributed by atoms with Crippen molar-refractivity contribution in [3.05, 3.63) is 46.7 Å². The molecule has 2 rings (SSSR count). The first-order chi connectivity index (χ1) is 9.24. The molecule has 102 valence electrons. The molecule has 0 spiro atoms. The lowest BCUT2D eigenvalue weighted by Gasteiger charge is -2.07. The van der Waals surface area contributed by atoms with Crippen LogP contribution < -0.4 is 10.1 Å². The largest absolute Gasteiger partial charge is 0.492 e. The molecule has 5 heteroatoms. The normalized spacial score (nSPS) is 10.6. The first kappa shape index (κ1) is 14.1. The smallest absolute Gasteiger partial charge is 0.120 e. The van der Waals surface area contributed by atoms with Gasteiger partial charge in [-0.25, -0.2) is 0 Å². The van der Waals surface area contributed by atoms with Crippen molar-refractivity contribution < 1.29 is 4.74 Å². The molecule has 0 aliphatic carbocycles. The molecular formula is C14H18BrN3O. The Morgan fingerprint density at radius 1 is 1.37 bits per heavy atom. The average Bonchev–Trinajstić information content (AvgIpc) is 2.79. The van der Waals surface area contributed by atoms with E-state index in [0.29, 0.717) is 6.61 Å². The number of nitrogens with zero attached hydrogens (tertiary/aromatic N) is 2. The van der Waals surface area contributed by atoms with Gasteiger partial charge in [0.15, 0.2) is 0 Å². The Hall–Kier alpha value is -1.33. The lowest BCUT2D eigenvalue weighted by atomic mass is 10.2. The lowest BCUT2D eigenvalue weighted by molar-refractivity contribution is 0.314. The quantitative estimate of drug-likeness (QED) is 0.795. The van der Waals surface area contributed by atoms with Gasteiger partial charge in [-0.3, -0.25) is 4.68 Å². The third-order valence-electron chi connectivity index (χ3n) is 2.69. The van der Waals surface area contributed by atoms with E-state index in [2.05, 4.69) is 26.3 Å². The van der Waals surface area contributed by atoms with Crippen molar-refractivity contribution >= 4 is 15.9 Å². The second kappa shape index (κ2) is 7.31. The molecule has 0 saturated carbocycles. The van der Waals surface area contributed by atoms with Gasteiger partial charge < -0.3 is 10.1 Å². The summed E-state index contributed by atoms with van der Waals surface area (Å²) in [6.07, 6.45) is 4.93. The summed E-state index contributed by atoms with van der Waals surface area (Å²) in [6.45, 7) is 2.45. The number of nitrogens with one attached hydrogen (secondary N) is 1. The molecule has 1 heterocycles. The molecule has 0 fully saturated rings. The summed E-state index contributed by atoms with van der Waals surface area (Å²) in [5.41, 5.74) is 1.25. The number of benzene rings is 1. The van der Waals surface area contributed by atoms with Crippen molar-refractivity contribution in [2.45, 2.75) is 6.42 Å². The number of halogens is 1. The molecule has 0 aliphatic heterocycles. The molecule has 1 aromatic heterocycles. The monoisotopic (exact) mass is 323 g/mol. The number of aryl methyl sites for hydroxylation is 1. The number of ether oxygens (including phenoxy) is 1. The van der Waals surface area contributed by atoms with Gasteiger partial charge in [-0.2, -0.15) is 5.10 Å². The summed E-state index contributed by atoms with van der Waals surface area (Å²) in [6, 6.07) is 7.88. The zero-order chi connectivity index (χ0) is 13.5. The van der Waals surface area contributed by atoms with Crippen LogP contribution in [0.15, 0.2) is 41.1 Å². The summed E-state index contributed by atoms with van der Waals surface area (Å²) in [4.78, 5) is 0. The number of hydrogen-bond acceptors (Lipinski definition) is 3. The van der Waals surface area contributed by atoms with Crippen LogP contribution in [0.1, 0.15) is 5.56 Å². The topological polar surface area (TPSA) is 39.1 Å². The maximum Gasteiger partial charge on any atom is 0.120 e. The Morgan fingerprint density at radius 3 is 3.00 bits per heavy atom. The van der Waals surface area contributed by atoms with E-state index >= 15 is 0 Å². The Morgan fingerprint density at radius 2 is 2.26 bits per heavy atom. The van der Waals surface area contributed by atoms with Crippen molar-refractivity contribution in [2.75, 3.05) is 19.7 Å². The molecule has 1 aromatic carbocycles. The fraction of sp³-hybridized carbons (Fsp3) is 0.357. The summed E-state index contributed by atoms with van der Waals surface area (Å²) in [7, 11) is 1.93. The maximum atomic E-state index is 5.63. The van der Waals surface area contributed by atoms with Gasteiger partial charge in [0.05, 0.1) is 6.20 Å². The SMILES string of the molecule is Cn1cc(CCNCCOc2cccc(Br)c2)cn1. The van der Waals surface area contributed by atoms with E-state index in [-0.39, 0.29) is 0 Å². The van der Waals surface area contributed by atoms with Crippen LogP contribution in [-0.4, -0.2) is 29.5 Å². The molecule has 0 atom stereocenters. The lowest BCUT2D eigenvalue weighted by Crippen LogP contribution is -2.23. The van der Waals surface area contributed by atoms with E-state index in [1.54, 1.807) is 0 Å². The van der Waals surface area contributed by atoms with Crippen LogP contribution >= 0.6 is 15.9 Å². The summed E-state index contributed by atoms with van der Waals surface area (Å²) >= 11 is 3.42. The molecular weight excluding hydrogens is 306 g/mol. The van der Waals surface area contributed by atoms with Gasteiger partial charge in [0.1, 0.15) is 12.4 Å². The van der Waals surface area contributed by atoms with E-state index in [9.17, 15) is 0 Å². The van der Waals surface area contributed by atoms with Crippen molar-refractivity contribution in [3.8, 4) is 5.75 Å². The molecule has 1 N–H and O–H groups in total. The van der Waals surface area contributed by atoms with Crippen molar-refractivity contribution in [3.63, 3.8) is 0 Å². The number of rotatable bonds is 7. The van der Waals surface area contributed by atoms with Crippen molar-refractivity contribution in [1.82, 2.24) is 15.1 Å². The minimum atomic E-state index is 0.670. The minimum absolute atomic E-state index is 0.670. The molecule has 0 unspecified atom stereocenters. The highest BCUT2D eigenvalue weighted by Crippen LogP contribution is 2.17. The van der Waals surface area contributed by atoms with Crippen molar-refractivity contribution in [1.29, 1.82) is 0 Å². The van der Waals surface area contributed by atoms with Crippen LogP contribution in [0.2, 0.25) is 0 Å². The Balaban J connectivity index is 1.57. The van der Waals surface area contributed by atoms with E-state index in [1.165, 1.54) is 5.56 Å². The van der Waals surface area contributed by atoms with Crippen LogP contribution in [0.5, 0.6) is 5.75 Å². The van der Waals surface area contributed by atoms with Crippen molar-refractivity contribution in [2.24, 2.45) is 7.05 Å². The first-order valence-corrected chi connectivity index (χ1v) is 7.10. The fourth-order valence-corrected chi connectivity index (χ4v) is 2.13. The average molecular weight is 324 g/mol. The molecule has 0 radical (unpaired) electrons. The van der Waals surface area contributed by atoms with Gasteiger partial charge in [-0.1, -0.05) is 22.0 Å². The molecule has 2 aromatic rings. The molecule has 0 saturated heterocycles. The Kier molecular flexibility index (Phi) is 5.42. The van der Waals surface area contributed by atoms with Gasteiger partial charge in [-0.15, -0.1) is 0 Å². The standard InChI is InChI=1S/C14H18BrN3O/c1-18-11-12(10-17-18)5-6-16-7-8-19-14-4-2-3-13(15)9-14/h2-4,9-11,16H,5-8H2,1H3. The van der Waals surface area contributed by atoms with Crippen LogP contribution in [0.25, 0.3) is 0 Å². The minimum Gasteiger partial charge on any atom is -0.492 e. The van der Waals surface area contributed by atoms with E-state index in [0.717, 1.165) is 29.7 Å². The number of aromatic nitrogens is 2. The first-order valence-electron chi connectivity index (χ1n) is 6.30. The van der Waals surface area contributed by atoms with Gasteiger partial charge in [0.2, 0.25) is 0 Å². The van der Waals surface area contributed by atoms with Crippen LogP contribution in [0.4, 0.5) is 0 Å². The van der Waals surface area contributed by atoms with Gasteiger partial charge >= 0.3 is 0 Å². The zero-order valence-electron chi connectivity index (χ0n) is 11.0. The van der Waals surface area contributed by atoms with Crippen LogP contribution in [0, 0.1) is 0 Å². The zero-order valence-corrected chi connectivity index (χ0v) is 12.6. The molecule has 0 bridgehead atoms. The maximum absolute atomic E-state index is 5.63. The van der Waals surface area contributed by atoms with Crippen LogP contribution in [0.3, 0.4) is 0 Å². The Bertz CT molecular complexity index is 513. The number of hydrogen-bond donors (Lipinski definition) is 1. The van der Waals surface area contributed by atoms with Crippen LogP contribution in [-0.2, 0) is 13.5 Å². The summed E-state index contributed by atoms with van der Waals surface area (Å²) < 4.78 is 8.50. The highest BCUT2D eigenvalue weighted by Gasteiger charge is 1.97. The van der Waals surface area contributed by atoms with Gasteiger partial charge in [0, 0.05) is 24.3 Å². The van der Waals surface area contributed by atoms with Gasteiger partial charge in [0.25, 0.3) is 0 Å². The molecule has 0 aliphatic rings. The summed E-state index contributed by atoms with van der Waals surface area (Å²) in [5, 5.41) is 7.49. The predicted molar refractivity (Wildman–Crippen MR) is 79.4 cm³/mol. The Labute approximate surface area is 121 Å². The van der Waals surface area contributed by atoms with Gasteiger partial charge in [-0.05, 0) is 36.7 Å². The highest BCUT2D eigenvalue weighted by molar-refractivity contribution is 9.10. The van der Waals surface area contributed by atoms with E-state index in [4.69, 9.17) is 4.74 Å². The van der Waals surface area contributed by atoms with E-state index in [1.807, 2.05) is 48.4 Å². The summed E-state index contributed by atoms with van der Waals surface area (Å²) in [5.74, 6) is 0.892.